The fourth-order valence-corrected chi connectivity index (χ4v) is 0.914. The number of hydrogen-bond acceptors (Lipinski definition) is 3. The molecule has 0 aromatic rings. The molecule has 0 aliphatic heterocycles. The first-order chi connectivity index (χ1) is 7.67. The van der Waals surface area contributed by atoms with E-state index in [1.54, 1.807) is 6.92 Å². The lowest BCUT2D eigenvalue weighted by molar-refractivity contribution is -0.160. The molecule has 0 rings (SSSR count). The van der Waals surface area contributed by atoms with E-state index in [2.05, 4.69) is 4.74 Å². The monoisotopic (exact) mass is 256 g/mol. The zero-order chi connectivity index (χ0) is 13.6. The van der Waals surface area contributed by atoms with E-state index in [9.17, 15) is 22.8 Å². The van der Waals surface area contributed by atoms with Gasteiger partial charge in [0.1, 0.15) is 6.04 Å². The highest BCUT2D eigenvalue weighted by Gasteiger charge is 2.30. The summed E-state index contributed by atoms with van der Waals surface area (Å²) >= 11 is 0. The Balaban J connectivity index is 4.08. The lowest BCUT2D eigenvalue weighted by Gasteiger charge is -2.20. The molecule has 0 saturated carbocycles. The molecular weight excluding hydrogens is 241 g/mol. The molecule has 0 radical (unpaired) electrons. The van der Waals surface area contributed by atoms with Gasteiger partial charge >= 0.3 is 12.3 Å². The minimum absolute atomic E-state index is 0.406. The molecule has 100 valence electrons. The molecule has 0 spiro atoms. The summed E-state index contributed by atoms with van der Waals surface area (Å²) in [5.74, 6) is -0.406. The minimum atomic E-state index is -4.58. The van der Waals surface area contributed by atoms with Gasteiger partial charge < -0.3 is 15.0 Å². The lowest BCUT2D eigenvalue weighted by Crippen LogP contribution is -2.46. The highest BCUT2D eigenvalue weighted by atomic mass is 19.4. The number of halogens is 3. The number of ether oxygens (including phenoxy) is 1. The van der Waals surface area contributed by atoms with Crippen molar-refractivity contribution in [3.63, 3.8) is 0 Å². The quantitative estimate of drug-likeness (QED) is 0.820. The fraction of sp³-hybridized carbons (Fsp3) is 0.778. The SMILES string of the molecule is CCN(C)C(=O)C(C)NC(=O)OCC(F)(F)F. The van der Waals surface area contributed by atoms with Crippen LogP contribution >= 0.6 is 0 Å². The van der Waals surface area contributed by atoms with Gasteiger partial charge in [0.25, 0.3) is 0 Å². The third-order valence-electron chi connectivity index (χ3n) is 1.92. The van der Waals surface area contributed by atoms with E-state index in [4.69, 9.17) is 0 Å². The molecule has 0 fully saturated rings. The van der Waals surface area contributed by atoms with Gasteiger partial charge in [-0.2, -0.15) is 13.2 Å². The molecular formula is C9H15F3N2O3. The van der Waals surface area contributed by atoms with Gasteiger partial charge in [-0.25, -0.2) is 4.79 Å². The predicted octanol–water partition coefficient (Wildman–Crippen LogP) is 1.14. The molecule has 0 aromatic heterocycles. The van der Waals surface area contributed by atoms with Crippen LogP contribution in [0.15, 0.2) is 0 Å². The summed E-state index contributed by atoms with van der Waals surface area (Å²) in [6.07, 6.45) is -5.85. The molecule has 8 heteroatoms. The third kappa shape index (κ3) is 6.64. The van der Waals surface area contributed by atoms with Gasteiger partial charge in [0.05, 0.1) is 0 Å². The van der Waals surface area contributed by atoms with E-state index in [1.807, 2.05) is 5.32 Å². The van der Waals surface area contributed by atoms with Crippen molar-refractivity contribution in [3.8, 4) is 0 Å². The number of alkyl carbamates (subject to hydrolysis) is 1. The van der Waals surface area contributed by atoms with Crippen LogP contribution in [0.3, 0.4) is 0 Å². The number of alkyl halides is 3. The van der Waals surface area contributed by atoms with Crippen LogP contribution in [0.4, 0.5) is 18.0 Å². The summed E-state index contributed by atoms with van der Waals surface area (Å²) in [7, 11) is 1.52. The highest BCUT2D eigenvalue weighted by molar-refractivity contribution is 5.85. The van der Waals surface area contributed by atoms with Gasteiger partial charge in [0.2, 0.25) is 5.91 Å². The van der Waals surface area contributed by atoms with E-state index in [1.165, 1.54) is 18.9 Å². The van der Waals surface area contributed by atoms with Gasteiger partial charge in [-0.1, -0.05) is 0 Å². The summed E-state index contributed by atoms with van der Waals surface area (Å²) < 4.78 is 39.0. The van der Waals surface area contributed by atoms with Gasteiger partial charge in [-0.05, 0) is 13.8 Å². The Morgan fingerprint density at radius 1 is 1.41 bits per heavy atom. The number of amides is 2. The van der Waals surface area contributed by atoms with Crippen molar-refractivity contribution in [3.05, 3.63) is 0 Å². The molecule has 0 aliphatic carbocycles. The molecule has 5 nitrogen and oxygen atoms in total. The highest BCUT2D eigenvalue weighted by Crippen LogP contribution is 2.14. The molecule has 1 unspecified atom stereocenters. The normalized spacial score (nSPS) is 12.8. The summed E-state index contributed by atoms with van der Waals surface area (Å²) in [6.45, 7) is 1.85. The van der Waals surface area contributed by atoms with Gasteiger partial charge in [0, 0.05) is 13.6 Å². The summed E-state index contributed by atoms with van der Waals surface area (Å²) in [4.78, 5) is 23.7. The van der Waals surface area contributed by atoms with Gasteiger partial charge in [-0.15, -0.1) is 0 Å². The fourth-order valence-electron chi connectivity index (χ4n) is 0.914. The molecule has 1 N–H and O–H groups in total. The molecule has 17 heavy (non-hydrogen) atoms. The Morgan fingerprint density at radius 2 is 1.94 bits per heavy atom. The average molecular weight is 256 g/mol. The smallest absolute Gasteiger partial charge is 0.422 e. The van der Waals surface area contributed by atoms with Crippen molar-refractivity contribution in [2.75, 3.05) is 20.2 Å². The minimum Gasteiger partial charge on any atom is -0.440 e. The van der Waals surface area contributed by atoms with Crippen molar-refractivity contribution in [2.45, 2.75) is 26.1 Å². The first-order valence-electron chi connectivity index (χ1n) is 4.92. The Bertz CT molecular complexity index is 281. The molecule has 1 atom stereocenters. The number of hydrogen-bond donors (Lipinski definition) is 1. The van der Waals surface area contributed by atoms with Crippen LogP contribution in [0.1, 0.15) is 13.8 Å². The van der Waals surface area contributed by atoms with Gasteiger partial charge in [0.15, 0.2) is 6.61 Å². The van der Waals surface area contributed by atoms with Crippen molar-refractivity contribution in [1.29, 1.82) is 0 Å². The Labute approximate surface area is 96.9 Å². The Morgan fingerprint density at radius 3 is 2.35 bits per heavy atom. The third-order valence-corrected chi connectivity index (χ3v) is 1.92. The average Bonchev–Trinajstić information content (AvgIpc) is 2.23. The molecule has 0 aliphatic rings. The second kappa shape index (κ2) is 6.31. The largest absolute Gasteiger partial charge is 0.440 e. The van der Waals surface area contributed by atoms with Crippen LogP contribution < -0.4 is 5.32 Å². The number of carbonyl (C=O) groups excluding carboxylic acids is 2. The van der Waals surface area contributed by atoms with E-state index in [-0.39, 0.29) is 0 Å². The number of rotatable bonds is 4. The van der Waals surface area contributed by atoms with Crippen LogP contribution in [-0.4, -0.2) is 49.3 Å². The van der Waals surface area contributed by atoms with E-state index < -0.39 is 30.8 Å². The number of nitrogens with zero attached hydrogens (tertiary/aromatic N) is 1. The van der Waals surface area contributed by atoms with Crippen molar-refractivity contribution < 1.29 is 27.5 Å². The van der Waals surface area contributed by atoms with Gasteiger partial charge in [-0.3, -0.25) is 4.79 Å². The molecule has 0 bridgehead atoms. The second-order valence-corrected chi connectivity index (χ2v) is 3.41. The Kier molecular flexibility index (Phi) is 5.77. The maximum Gasteiger partial charge on any atom is 0.422 e. The van der Waals surface area contributed by atoms with Crippen LogP contribution in [0.2, 0.25) is 0 Å². The lowest BCUT2D eigenvalue weighted by atomic mass is 10.3. The van der Waals surface area contributed by atoms with Crippen molar-refractivity contribution in [2.24, 2.45) is 0 Å². The second-order valence-electron chi connectivity index (χ2n) is 3.41. The molecule has 0 saturated heterocycles. The maximum atomic E-state index is 11.7. The van der Waals surface area contributed by atoms with Crippen LogP contribution in [0.25, 0.3) is 0 Å². The number of carbonyl (C=O) groups is 2. The molecule has 2 amide bonds. The standard InChI is InChI=1S/C9H15F3N2O3/c1-4-14(3)7(15)6(2)13-8(16)17-5-9(10,11)12/h6H,4-5H2,1-3H3,(H,13,16). The van der Waals surface area contributed by atoms with Crippen molar-refractivity contribution >= 4 is 12.0 Å². The van der Waals surface area contributed by atoms with Crippen LogP contribution in [0, 0.1) is 0 Å². The first-order valence-corrected chi connectivity index (χ1v) is 4.92. The van der Waals surface area contributed by atoms with Crippen LogP contribution in [-0.2, 0) is 9.53 Å². The predicted molar refractivity (Wildman–Crippen MR) is 53.3 cm³/mol. The number of nitrogens with one attached hydrogen (secondary N) is 1. The Hall–Kier alpha value is -1.47. The molecule has 0 heterocycles. The topological polar surface area (TPSA) is 58.6 Å². The summed E-state index contributed by atoms with van der Waals surface area (Å²) in [5, 5.41) is 2.02. The van der Waals surface area contributed by atoms with E-state index >= 15 is 0 Å². The molecule has 0 aromatic carbocycles. The zero-order valence-electron chi connectivity index (χ0n) is 9.80. The number of likely N-dealkylation sites (N-methyl/N-ethyl adjacent to an activating group) is 1. The first kappa shape index (κ1) is 15.5. The van der Waals surface area contributed by atoms with Crippen LogP contribution in [0.5, 0.6) is 0 Å². The summed E-state index contributed by atoms with van der Waals surface area (Å²) in [5.41, 5.74) is 0. The zero-order valence-corrected chi connectivity index (χ0v) is 9.80. The van der Waals surface area contributed by atoms with E-state index in [0.29, 0.717) is 6.54 Å². The van der Waals surface area contributed by atoms with E-state index in [0.717, 1.165) is 0 Å². The van der Waals surface area contributed by atoms with Crippen molar-refractivity contribution in [1.82, 2.24) is 10.2 Å². The maximum absolute atomic E-state index is 11.7. The summed E-state index contributed by atoms with van der Waals surface area (Å²) in [6, 6.07) is -0.930.